The third kappa shape index (κ3) is 4.77. The van der Waals surface area contributed by atoms with Gasteiger partial charge in [-0.15, -0.1) is 0 Å². The van der Waals surface area contributed by atoms with E-state index < -0.39 is 0 Å². The molecule has 0 fully saturated rings. The highest BCUT2D eigenvalue weighted by Gasteiger charge is 2.20. The molecule has 0 bridgehead atoms. The highest BCUT2D eigenvalue weighted by atomic mass is 16.1. The Kier molecular flexibility index (Phi) is 7.21. The first-order chi connectivity index (χ1) is 15.7. The molecule has 3 aromatic rings. The summed E-state index contributed by atoms with van der Waals surface area (Å²) >= 11 is 0. The van der Waals surface area contributed by atoms with E-state index in [0.717, 1.165) is 40.6 Å². The second kappa shape index (κ2) is 9.90. The number of carbonyl (C=O) groups is 1. The highest BCUT2D eigenvalue weighted by molar-refractivity contribution is 6.13. The Morgan fingerprint density at radius 1 is 1.27 bits per heavy atom. The second-order valence-electron chi connectivity index (χ2n) is 8.72. The average molecular weight is 448 g/mol. The number of allylic oxidation sites excluding steroid dienone is 1. The minimum atomic E-state index is -0.268. The maximum absolute atomic E-state index is 13.4. The Bertz CT molecular complexity index is 1290. The van der Waals surface area contributed by atoms with Crippen LogP contribution >= 0.6 is 0 Å². The van der Waals surface area contributed by atoms with Gasteiger partial charge in [-0.1, -0.05) is 13.3 Å². The van der Waals surface area contributed by atoms with Gasteiger partial charge >= 0.3 is 0 Å². The van der Waals surface area contributed by atoms with Crippen LogP contribution in [0.3, 0.4) is 0 Å². The quantitative estimate of drug-likeness (QED) is 0.384. The number of fused-ring (bicyclic) bond motifs is 1. The molecule has 0 aliphatic carbocycles. The lowest BCUT2D eigenvalue weighted by Gasteiger charge is -2.14. The van der Waals surface area contributed by atoms with E-state index in [1.165, 1.54) is 12.4 Å². The predicted octanol–water partition coefficient (Wildman–Crippen LogP) is 4.36. The Hall–Kier alpha value is -3.61. The fourth-order valence-corrected chi connectivity index (χ4v) is 4.32. The molecule has 0 radical (unpaired) electrons. The van der Waals surface area contributed by atoms with Gasteiger partial charge < -0.3 is 26.0 Å². The minimum absolute atomic E-state index is 0.142. The van der Waals surface area contributed by atoms with E-state index in [1.807, 2.05) is 32.2 Å². The molecular formula is C26H33N5O2. The first-order valence-electron chi connectivity index (χ1n) is 11.3. The Labute approximate surface area is 194 Å². The molecule has 7 heteroatoms. The normalized spacial score (nSPS) is 11.9. The zero-order valence-electron chi connectivity index (χ0n) is 20.0. The van der Waals surface area contributed by atoms with Gasteiger partial charge in [0.25, 0.3) is 11.5 Å². The number of amides is 1. The van der Waals surface area contributed by atoms with Crippen LogP contribution in [0.15, 0.2) is 35.4 Å². The van der Waals surface area contributed by atoms with Crippen LogP contribution in [0.1, 0.15) is 71.5 Å². The van der Waals surface area contributed by atoms with E-state index in [0.29, 0.717) is 22.3 Å². The maximum atomic E-state index is 13.4. The molecule has 1 amide bonds. The van der Waals surface area contributed by atoms with Crippen molar-refractivity contribution in [3.8, 4) is 0 Å². The van der Waals surface area contributed by atoms with E-state index in [1.54, 1.807) is 6.07 Å². The van der Waals surface area contributed by atoms with Crippen molar-refractivity contribution in [1.82, 2.24) is 14.9 Å². The monoisotopic (exact) mass is 447 g/mol. The summed E-state index contributed by atoms with van der Waals surface area (Å²) in [6, 6.07) is 5.90. The summed E-state index contributed by atoms with van der Waals surface area (Å²) in [6.07, 6.45) is 6.27. The largest absolute Gasteiger partial charge is 0.404 e. The van der Waals surface area contributed by atoms with E-state index in [-0.39, 0.29) is 24.1 Å². The van der Waals surface area contributed by atoms with Crippen molar-refractivity contribution in [2.45, 2.75) is 60.0 Å². The summed E-state index contributed by atoms with van der Waals surface area (Å²) in [5, 5.41) is 11.5. The number of rotatable bonds is 8. The summed E-state index contributed by atoms with van der Waals surface area (Å²) in [4.78, 5) is 28.9. The number of nitrogens with two attached hydrogens (primary N) is 1. The fraction of sp³-hybridized carbons (Fsp3) is 0.346. The maximum Gasteiger partial charge on any atom is 0.253 e. The molecule has 0 saturated heterocycles. The van der Waals surface area contributed by atoms with Crippen LogP contribution in [-0.4, -0.2) is 21.7 Å². The second-order valence-corrected chi connectivity index (χ2v) is 8.72. The molecule has 5 N–H and O–H groups in total. The summed E-state index contributed by atoms with van der Waals surface area (Å²) in [5.41, 5.74) is 11.5. The predicted molar refractivity (Wildman–Crippen MR) is 135 cm³/mol. The molecule has 0 atom stereocenters. The van der Waals surface area contributed by atoms with Crippen molar-refractivity contribution in [3.63, 3.8) is 0 Å². The summed E-state index contributed by atoms with van der Waals surface area (Å²) in [5.74, 6) is -0.268. The van der Waals surface area contributed by atoms with E-state index in [4.69, 9.17) is 11.1 Å². The Morgan fingerprint density at radius 3 is 2.61 bits per heavy atom. The number of aryl methyl sites for hydroxylation is 3. The lowest BCUT2D eigenvalue weighted by molar-refractivity contribution is 0.0952. The van der Waals surface area contributed by atoms with Gasteiger partial charge in [0.05, 0.1) is 0 Å². The van der Waals surface area contributed by atoms with Gasteiger partial charge in [0, 0.05) is 64.5 Å². The van der Waals surface area contributed by atoms with Gasteiger partial charge in [-0.2, -0.15) is 0 Å². The molecule has 1 aromatic carbocycles. The molecule has 2 heterocycles. The fourth-order valence-electron chi connectivity index (χ4n) is 4.32. The van der Waals surface area contributed by atoms with Gasteiger partial charge in [0.2, 0.25) is 0 Å². The van der Waals surface area contributed by atoms with Crippen LogP contribution in [0.4, 0.5) is 0 Å². The number of benzene rings is 1. The summed E-state index contributed by atoms with van der Waals surface area (Å²) in [7, 11) is 0. The van der Waals surface area contributed by atoms with Crippen molar-refractivity contribution < 1.29 is 4.79 Å². The van der Waals surface area contributed by atoms with Crippen LogP contribution in [-0.2, 0) is 13.0 Å². The van der Waals surface area contributed by atoms with E-state index >= 15 is 0 Å². The van der Waals surface area contributed by atoms with Crippen molar-refractivity contribution >= 4 is 28.6 Å². The molecule has 0 aliphatic rings. The zero-order chi connectivity index (χ0) is 24.3. The van der Waals surface area contributed by atoms with Gasteiger partial charge in [0.1, 0.15) is 0 Å². The van der Waals surface area contributed by atoms with E-state index in [9.17, 15) is 9.59 Å². The number of pyridine rings is 1. The number of nitrogens with zero attached hydrogens (tertiary/aromatic N) is 1. The molecule has 3 rings (SSSR count). The third-order valence-corrected chi connectivity index (χ3v) is 5.90. The third-order valence-electron chi connectivity index (χ3n) is 5.90. The standard InChI is InChI=1S/C26H33N5O2/c1-6-7-18-8-17(5)30-26(33)22(18)13-29-25(32)21-9-19(20(11-27)12-28)10-23-24(21)16(4)14-31(23)15(2)3/h8-12,14-15,27H,6-7,13,28H2,1-5H3,(H,29,32)(H,30,33)/b20-12+,27-11?. The number of H-pyrrole nitrogens is 1. The highest BCUT2D eigenvalue weighted by Crippen LogP contribution is 2.31. The number of aromatic nitrogens is 2. The molecule has 2 aromatic heterocycles. The van der Waals surface area contributed by atoms with Crippen molar-refractivity contribution in [3.05, 3.63) is 74.5 Å². The molecule has 0 aliphatic heterocycles. The molecular weight excluding hydrogens is 414 g/mol. The lowest BCUT2D eigenvalue weighted by atomic mass is 9.98. The summed E-state index contributed by atoms with van der Waals surface area (Å²) < 4.78 is 2.12. The van der Waals surface area contributed by atoms with Crippen molar-refractivity contribution in [2.75, 3.05) is 0 Å². The Balaban J connectivity index is 2.09. The van der Waals surface area contributed by atoms with Gasteiger partial charge in [0.15, 0.2) is 0 Å². The van der Waals surface area contributed by atoms with Gasteiger partial charge in [-0.3, -0.25) is 9.59 Å². The first kappa shape index (κ1) is 24.0. The average Bonchev–Trinajstić information content (AvgIpc) is 3.10. The smallest absolute Gasteiger partial charge is 0.253 e. The summed E-state index contributed by atoms with van der Waals surface area (Å²) in [6.45, 7) is 10.2. The van der Waals surface area contributed by atoms with Crippen LogP contribution < -0.4 is 16.6 Å². The first-order valence-corrected chi connectivity index (χ1v) is 11.3. The number of hydrogen-bond donors (Lipinski definition) is 4. The molecule has 0 spiro atoms. The number of hydrogen-bond acceptors (Lipinski definition) is 4. The van der Waals surface area contributed by atoms with Gasteiger partial charge in [-0.05, 0) is 69.0 Å². The van der Waals surface area contributed by atoms with Crippen LogP contribution in [0, 0.1) is 19.3 Å². The van der Waals surface area contributed by atoms with Crippen LogP contribution in [0.5, 0.6) is 0 Å². The molecule has 33 heavy (non-hydrogen) atoms. The number of nitrogens with one attached hydrogen (secondary N) is 3. The number of carbonyl (C=O) groups excluding carboxylic acids is 1. The molecule has 174 valence electrons. The topological polar surface area (TPSA) is 117 Å². The van der Waals surface area contributed by atoms with Crippen molar-refractivity contribution in [2.24, 2.45) is 5.73 Å². The van der Waals surface area contributed by atoms with Gasteiger partial charge in [-0.25, -0.2) is 0 Å². The molecule has 7 nitrogen and oxygen atoms in total. The minimum Gasteiger partial charge on any atom is -0.404 e. The van der Waals surface area contributed by atoms with E-state index in [2.05, 4.69) is 35.6 Å². The van der Waals surface area contributed by atoms with Crippen LogP contribution in [0.25, 0.3) is 16.5 Å². The zero-order valence-corrected chi connectivity index (χ0v) is 20.0. The van der Waals surface area contributed by atoms with Crippen molar-refractivity contribution in [1.29, 1.82) is 5.41 Å². The lowest BCUT2D eigenvalue weighted by Crippen LogP contribution is -2.28. The van der Waals surface area contributed by atoms with Crippen LogP contribution in [0.2, 0.25) is 0 Å². The number of aromatic amines is 1. The Morgan fingerprint density at radius 2 is 2.00 bits per heavy atom. The molecule has 0 unspecified atom stereocenters. The SMILES string of the molecule is CCCc1cc(C)[nH]c(=O)c1CNC(=O)c1cc(/C(C=N)=C/N)cc2c1c(C)cn2C(C)C. The molecule has 0 saturated carbocycles.